The molecule has 0 aliphatic carbocycles. The van der Waals surface area contributed by atoms with Crippen LogP contribution in [0.5, 0.6) is 0 Å². The number of pyridine rings is 1. The third kappa shape index (κ3) is 4.78. The number of amides is 2. The van der Waals surface area contributed by atoms with Crippen LogP contribution in [-0.4, -0.2) is 38.4 Å². The minimum absolute atomic E-state index is 0.172. The van der Waals surface area contributed by atoms with Crippen molar-refractivity contribution in [2.24, 2.45) is 0 Å². The van der Waals surface area contributed by atoms with E-state index in [-0.39, 0.29) is 12.3 Å². The zero-order valence-electron chi connectivity index (χ0n) is 17.5. The van der Waals surface area contributed by atoms with E-state index in [1.54, 1.807) is 30.4 Å². The standard InChI is InChI=1S/C22H22N6O3S/c1-14(20-25-9-10-26-20)31-22(30)28-11-7-16-17(12-23)21(32-18(16)13-28)27-19(29)6-5-15-4-2-3-8-24-15/h2-4,8-10,14H,5-7,11,13H2,1H3,(H,25,26)(H,27,29). The fraction of sp³-hybridized carbons (Fsp3) is 0.318. The molecule has 2 amide bonds. The first-order chi connectivity index (χ1) is 15.5. The number of carbonyl (C=O) groups excluding carboxylic acids is 2. The Kier molecular flexibility index (Phi) is 6.47. The average molecular weight is 451 g/mol. The van der Waals surface area contributed by atoms with E-state index in [4.69, 9.17) is 4.74 Å². The summed E-state index contributed by atoms with van der Waals surface area (Å²) in [5.74, 6) is 0.406. The zero-order chi connectivity index (χ0) is 22.5. The smallest absolute Gasteiger partial charge is 0.410 e. The Hall–Kier alpha value is -3.71. The summed E-state index contributed by atoms with van der Waals surface area (Å²) < 4.78 is 5.51. The zero-order valence-corrected chi connectivity index (χ0v) is 18.3. The van der Waals surface area contributed by atoms with Crippen molar-refractivity contribution in [1.29, 1.82) is 5.26 Å². The predicted molar refractivity (Wildman–Crippen MR) is 118 cm³/mol. The number of nitrogens with one attached hydrogen (secondary N) is 2. The largest absolute Gasteiger partial charge is 0.438 e. The molecule has 0 radical (unpaired) electrons. The number of aromatic nitrogens is 3. The minimum atomic E-state index is -0.495. The summed E-state index contributed by atoms with van der Waals surface area (Å²) in [5.41, 5.74) is 2.21. The van der Waals surface area contributed by atoms with Crippen LogP contribution in [0.3, 0.4) is 0 Å². The number of imidazole rings is 1. The Balaban J connectivity index is 1.39. The van der Waals surface area contributed by atoms with Crippen LogP contribution in [0.25, 0.3) is 0 Å². The molecule has 4 heterocycles. The molecule has 0 aromatic carbocycles. The van der Waals surface area contributed by atoms with Crippen LogP contribution in [-0.2, 0) is 28.9 Å². The number of anilines is 1. The van der Waals surface area contributed by atoms with E-state index in [9.17, 15) is 14.9 Å². The van der Waals surface area contributed by atoms with E-state index < -0.39 is 12.2 Å². The van der Waals surface area contributed by atoms with E-state index >= 15 is 0 Å². The minimum Gasteiger partial charge on any atom is -0.438 e. The van der Waals surface area contributed by atoms with Gasteiger partial charge < -0.3 is 19.9 Å². The average Bonchev–Trinajstić information content (AvgIpc) is 3.45. The van der Waals surface area contributed by atoms with Crippen LogP contribution in [0.4, 0.5) is 9.80 Å². The maximum Gasteiger partial charge on any atom is 0.410 e. The number of carbonyl (C=O) groups is 2. The summed E-state index contributed by atoms with van der Waals surface area (Å²) in [6.45, 7) is 2.53. The normalized spacial score (nSPS) is 13.7. The van der Waals surface area contributed by atoms with Gasteiger partial charge in [0.1, 0.15) is 16.9 Å². The van der Waals surface area contributed by atoms with Gasteiger partial charge in [-0.2, -0.15) is 5.26 Å². The van der Waals surface area contributed by atoms with Gasteiger partial charge in [-0.3, -0.25) is 9.78 Å². The van der Waals surface area contributed by atoms with Gasteiger partial charge in [-0.15, -0.1) is 11.3 Å². The van der Waals surface area contributed by atoms with E-state index in [2.05, 4.69) is 26.3 Å². The summed E-state index contributed by atoms with van der Waals surface area (Å²) >= 11 is 1.34. The molecule has 0 saturated carbocycles. The summed E-state index contributed by atoms with van der Waals surface area (Å²) in [7, 11) is 0. The fourth-order valence-corrected chi connectivity index (χ4v) is 4.75. The molecular formula is C22H22N6O3S. The highest BCUT2D eigenvalue weighted by atomic mass is 32.1. The summed E-state index contributed by atoms with van der Waals surface area (Å²) in [5, 5.41) is 13.1. The topological polar surface area (TPSA) is 124 Å². The Morgan fingerprint density at radius 2 is 2.25 bits per heavy atom. The van der Waals surface area contributed by atoms with Gasteiger partial charge in [0.25, 0.3) is 0 Å². The monoisotopic (exact) mass is 450 g/mol. The molecule has 9 nitrogen and oxygen atoms in total. The number of ether oxygens (including phenoxy) is 1. The quantitative estimate of drug-likeness (QED) is 0.592. The number of fused-ring (bicyclic) bond motifs is 1. The third-order valence-corrected chi connectivity index (χ3v) is 6.33. The van der Waals surface area contributed by atoms with Crippen LogP contribution in [0.2, 0.25) is 0 Å². The second-order valence-corrected chi connectivity index (χ2v) is 8.47. The Morgan fingerprint density at radius 3 is 2.97 bits per heavy atom. The van der Waals surface area contributed by atoms with Gasteiger partial charge in [0.05, 0.1) is 12.1 Å². The van der Waals surface area contributed by atoms with Gasteiger partial charge in [-0.1, -0.05) is 6.07 Å². The number of nitrogens with zero attached hydrogens (tertiary/aromatic N) is 4. The molecule has 0 bridgehead atoms. The van der Waals surface area contributed by atoms with E-state index in [0.29, 0.717) is 42.3 Å². The van der Waals surface area contributed by atoms with Gasteiger partial charge in [0.2, 0.25) is 5.91 Å². The number of thiophene rings is 1. The van der Waals surface area contributed by atoms with Crippen molar-refractivity contribution >= 4 is 28.3 Å². The lowest BCUT2D eigenvalue weighted by Crippen LogP contribution is -2.36. The van der Waals surface area contributed by atoms with Crippen LogP contribution in [0.15, 0.2) is 36.8 Å². The highest BCUT2D eigenvalue weighted by Crippen LogP contribution is 2.37. The number of rotatable bonds is 6. The lowest BCUT2D eigenvalue weighted by atomic mass is 10.0. The van der Waals surface area contributed by atoms with Crippen molar-refractivity contribution in [1.82, 2.24) is 19.9 Å². The number of H-pyrrole nitrogens is 1. The van der Waals surface area contributed by atoms with Crippen molar-refractivity contribution in [2.45, 2.75) is 38.8 Å². The number of hydrogen-bond donors (Lipinski definition) is 2. The van der Waals surface area contributed by atoms with Gasteiger partial charge >= 0.3 is 6.09 Å². The number of hydrogen-bond acceptors (Lipinski definition) is 7. The number of nitriles is 1. The molecule has 3 aromatic heterocycles. The van der Waals surface area contributed by atoms with Crippen LogP contribution in [0.1, 0.15) is 47.0 Å². The summed E-state index contributed by atoms with van der Waals surface area (Å²) in [4.78, 5) is 38.8. The molecule has 0 fully saturated rings. The maximum absolute atomic E-state index is 12.6. The second kappa shape index (κ2) is 9.62. The van der Waals surface area contributed by atoms with E-state index in [1.165, 1.54) is 11.3 Å². The molecule has 0 spiro atoms. The van der Waals surface area contributed by atoms with Crippen molar-refractivity contribution in [2.75, 3.05) is 11.9 Å². The van der Waals surface area contributed by atoms with Crippen LogP contribution < -0.4 is 5.32 Å². The first-order valence-corrected chi connectivity index (χ1v) is 11.1. The first kappa shape index (κ1) is 21.5. The van der Waals surface area contributed by atoms with E-state index in [1.807, 2.05) is 18.2 Å². The van der Waals surface area contributed by atoms with Gasteiger partial charge in [0, 0.05) is 42.1 Å². The molecule has 164 valence electrons. The molecule has 1 unspecified atom stereocenters. The van der Waals surface area contributed by atoms with Crippen molar-refractivity contribution in [3.8, 4) is 6.07 Å². The van der Waals surface area contributed by atoms with Crippen LogP contribution in [0, 0.1) is 11.3 Å². The number of aromatic amines is 1. The van der Waals surface area contributed by atoms with Gasteiger partial charge in [-0.25, -0.2) is 9.78 Å². The van der Waals surface area contributed by atoms with Crippen LogP contribution >= 0.6 is 11.3 Å². The molecule has 4 rings (SSSR count). The Bertz CT molecular complexity index is 1140. The van der Waals surface area contributed by atoms with Crippen molar-refractivity contribution in [3.05, 3.63) is 64.3 Å². The van der Waals surface area contributed by atoms with Gasteiger partial charge in [-0.05, 0) is 37.5 Å². The molecular weight excluding hydrogens is 428 g/mol. The van der Waals surface area contributed by atoms with Crippen molar-refractivity contribution in [3.63, 3.8) is 0 Å². The van der Waals surface area contributed by atoms with Gasteiger partial charge in [0.15, 0.2) is 6.10 Å². The lowest BCUT2D eigenvalue weighted by molar-refractivity contribution is -0.116. The molecule has 3 aromatic rings. The first-order valence-electron chi connectivity index (χ1n) is 10.2. The SMILES string of the molecule is CC(OC(=O)N1CCc2c(sc(NC(=O)CCc3ccccn3)c2C#N)C1)c1ncc[nH]1. The summed E-state index contributed by atoms with van der Waals surface area (Å²) in [6.07, 6.45) is 5.37. The second-order valence-electron chi connectivity index (χ2n) is 7.36. The highest BCUT2D eigenvalue weighted by molar-refractivity contribution is 7.16. The maximum atomic E-state index is 12.6. The molecule has 2 N–H and O–H groups in total. The molecule has 0 saturated heterocycles. The molecule has 1 aliphatic heterocycles. The summed E-state index contributed by atoms with van der Waals surface area (Å²) in [6, 6.07) is 7.80. The van der Waals surface area contributed by atoms with Crippen molar-refractivity contribution < 1.29 is 14.3 Å². The Morgan fingerprint density at radius 1 is 1.38 bits per heavy atom. The predicted octanol–water partition coefficient (Wildman–Crippen LogP) is 3.57. The Labute approximate surface area is 189 Å². The van der Waals surface area contributed by atoms with E-state index in [0.717, 1.165) is 16.1 Å². The fourth-order valence-electron chi connectivity index (χ4n) is 3.52. The molecule has 1 atom stereocenters. The lowest BCUT2D eigenvalue weighted by Gasteiger charge is -2.27. The number of aryl methyl sites for hydroxylation is 1. The highest BCUT2D eigenvalue weighted by Gasteiger charge is 2.29. The molecule has 10 heteroatoms. The third-order valence-electron chi connectivity index (χ3n) is 5.20. The molecule has 1 aliphatic rings. The molecule has 32 heavy (non-hydrogen) atoms.